The van der Waals surface area contributed by atoms with Gasteiger partial charge >= 0.3 is 0 Å². The van der Waals surface area contributed by atoms with Crippen LogP contribution in [-0.4, -0.2) is 23.0 Å². The quantitative estimate of drug-likeness (QED) is 0.912. The lowest BCUT2D eigenvalue weighted by Gasteiger charge is -2.28. The first-order chi connectivity index (χ1) is 10.7. The highest BCUT2D eigenvalue weighted by atomic mass is 32.1. The largest absolute Gasteiger partial charge is 0.311 e. The number of carbonyl (C=O) groups is 1. The molecule has 22 heavy (non-hydrogen) atoms. The summed E-state index contributed by atoms with van der Waals surface area (Å²) in [6.45, 7) is 2.07. The molecule has 2 aliphatic rings. The third-order valence-corrected chi connectivity index (χ3v) is 5.77. The van der Waals surface area contributed by atoms with Gasteiger partial charge in [-0.3, -0.25) is 4.79 Å². The second-order valence-corrected chi connectivity index (χ2v) is 7.75. The van der Waals surface area contributed by atoms with Gasteiger partial charge < -0.3 is 10.6 Å². The first-order valence-electron chi connectivity index (χ1n) is 8.09. The van der Waals surface area contributed by atoms with Crippen LogP contribution in [0.4, 0.5) is 5.13 Å². The maximum absolute atomic E-state index is 12.3. The molecule has 2 aromatic rings. The standard InChI is InChI=1S/C17H21N3OS/c1-10-2-5-14-15(6-10)22-17(19-14)20-16(21)9-11-7-12-3-4-13(8-11)18-12/h2,5-6,11-13,18H,3-4,7-9H2,1H3,(H,19,20,21). The molecule has 2 unspecified atom stereocenters. The minimum atomic E-state index is 0.113. The summed E-state index contributed by atoms with van der Waals surface area (Å²) in [6.07, 6.45) is 5.47. The summed E-state index contributed by atoms with van der Waals surface area (Å²) in [6, 6.07) is 7.47. The van der Waals surface area contributed by atoms with E-state index in [2.05, 4.69) is 34.7 Å². The fraction of sp³-hybridized carbons (Fsp3) is 0.529. The zero-order chi connectivity index (χ0) is 15.1. The number of nitrogens with one attached hydrogen (secondary N) is 2. The van der Waals surface area contributed by atoms with Gasteiger partial charge in [-0.15, -0.1) is 0 Å². The molecule has 0 radical (unpaired) electrons. The summed E-state index contributed by atoms with van der Waals surface area (Å²) in [5.41, 5.74) is 2.19. The van der Waals surface area contributed by atoms with Gasteiger partial charge in [-0.05, 0) is 56.2 Å². The van der Waals surface area contributed by atoms with E-state index in [1.165, 1.54) is 18.4 Å². The predicted octanol–water partition coefficient (Wildman–Crippen LogP) is 3.46. The van der Waals surface area contributed by atoms with Crippen molar-refractivity contribution in [1.29, 1.82) is 0 Å². The van der Waals surface area contributed by atoms with E-state index in [0.717, 1.165) is 28.2 Å². The van der Waals surface area contributed by atoms with E-state index in [1.54, 1.807) is 11.3 Å². The highest BCUT2D eigenvalue weighted by Gasteiger charge is 2.34. The summed E-state index contributed by atoms with van der Waals surface area (Å²) in [4.78, 5) is 16.8. The highest BCUT2D eigenvalue weighted by Crippen LogP contribution is 2.33. The number of fused-ring (bicyclic) bond motifs is 3. The van der Waals surface area contributed by atoms with E-state index in [1.807, 2.05) is 6.07 Å². The molecule has 2 fully saturated rings. The van der Waals surface area contributed by atoms with Crippen LogP contribution >= 0.6 is 11.3 Å². The molecule has 0 saturated carbocycles. The van der Waals surface area contributed by atoms with Crippen molar-refractivity contribution in [3.63, 3.8) is 0 Å². The predicted molar refractivity (Wildman–Crippen MR) is 90.3 cm³/mol. The van der Waals surface area contributed by atoms with Gasteiger partial charge in [0.05, 0.1) is 10.2 Å². The zero-order valence-corrected chi connectivity index (χ0v) is 13.6. The van der Waals surface area contributed by atoms with Gasteiger partial charge in [0.25, 0.3) is 0 Å². The van der Waals surface area contributed by atoms with Crippen molar-refractivity contribution in [3.8, 4) is 0 Å². The van der Waals surface area contributed by atoms with Gasteiger partial charge in [0, 0.05) is 18.5 Å². The van der Waals surface area contributed by atoms with Crippen LogP contribution in [0.3, 0.4) is 0 Å². The molecule has 1 aromatic heterocycles. The van der Waals surface area contributed by atoms with E-state index < -0.39 is 0 Å². The Labute approximate surface area is 134 Å². The van der Waals surface area contributed by atoms with Gasteiger partial charge in [-0.1, -0.05) is 17.4 Å². The number of rotatable bonds is 3. The number of carbonyl (C=O) groups excluding carboxylic acids is 1. The molecule has 1 amide bonds. The number of hydrogen-bond donors (Lipinski definition) is 2. The molecule has 2 bridgehead atoms. The Balaban J connectivity index is 1.40. The van der Waals surface area contributed by atoms with Crippen LogP contribution in [0.15, 0.2) is 18.2 Å². The zero-order valence-electron chi connectivity index (χ0n) is 12.8. The smallest absolute Gasteiger partial charge is 0.226 e. The normalized spacial score (nSPS) is 27.2. The lowest BCUT2D eigenvalue weighted by molar-refractivity contribution is -0.117. The molecule has 2 N–H and O–H groups in total. The fourth-order valence-electron chi connectivity index (χ4n) is 3.86. The monoisotopic (exact) mass is 315 g/mol. The van der Waals surface area contributed by atoms with Gasteiger partial charge in [0.15, 0.2) is 5.13 Å². The summed E-state index contributed by atoms with van der Waals surface area (Å²) < 4.78 is 1.13. The first-order valence-corrected chi connectivity index (χ1v) is 8.90. The second-order valence-electron chi connectivity index (χ2n) is 6.72. The van der Waals surface area contributed by atoms with Gasteiger partial charge in [-0.25, -0.2) is 4.98 Å². The SMILES string of the molecule is Cc1ccc2nc(NC(=O)CC3CC4CCC(C3)N4)sc2c1. The molecule has 2 aliphatic heterocycles. The second kappa shape index (κ2) is 5.63. The summed E-state index contributed by atoms with van der Waals surface area (Å²) in [5, 5.41) is 7.35. The Morgan fingerprint density at radius 3 is 2.91 bits per heavy atom. The van der Waals surface area contributed by atoms with Crippen molar-refractivity contribution in [2.75, 3.05) is 5.32 Å². The molecule has 0 spiro atoms. The Morgan fingerprint density at radius 1 is 1.36 bits per heavy atom. The molecule has 2 atom stereocenters. The molecule has 0 aliphatic carbocycles. The van der Waals surface area contributed by atoms with Crippen LogP contribution in [0.5, 0.6) is 0 Å². The van der Waals surface area contributed by atoms with E-state index in [9.17, 15) is 4.79 Å². The summed E-state index contributed by atoms with van der Waals surface area (Å²) in [7, 11) is 0. The minimum Gasteiger partial charge on any atom is -0.311 e. The number of amides is 1. The van der Waals surface area contributed by atoms with Crippen molar-refractivity contribution in [2.24, 2.45) is 5.92 Å². The van der Waals surface area contributed by atoms with Crippen molar-refractivity contribution >= 4 is 32.6 Å². The van der Waals surface area contributed by atoms with Crippen molar-refractivity contribution in [1.82, 2.24) is 10.3 Å². The first kappa shape index (κ1) is 14.2. The number of hydrogen-bond acceptors (Lipinski definition) is 4. The number of thiazole rings is 1. The number of anilines is 1. The van der Waals surface area contributed by atoms with E-state index in [-0.39, 0.29) is 5.91 Å². The molecular weight excluding hydrogens is 294 g/mol. The Kier molecular flexibility index (Phi) is 3.62. The van der Waals surface area contributed by atoms with Crippen LogP contribution in [0.25, 0.3) is 10.2 Å². The van der Waals surface area contributed by atoms with Crippen molar-refractivity contribution < 1.29 is 4.79 Å². The number of piperidine rings is 1. The summed E-state index contributed by atoms with van der Waals surface area (Å²) >= 11 is 1.56. The molecule has 1 aromatic carbocycles. The Bertz CT molecular complexity index is 699. The topological polar surface area (TPSA) is 54.0 Å². The van der Waals surface area contributed by atoms with Crippen LogP contribution < -0.4 is 10.6 Å². The molecule has 3 heterocycles. The number of nitrogens with zero attached hydrogens (tertiary/aromatic N) is 1. The highest BCUT2D eigenvalue weighted by molar-refractivity contribution is 7.22. The lowest BCUT2D eigenvalue weighted by atomic mass is 9.89. The van der Waals surface area contributed by atoms with Gasteiger partial charge in [0.2, 0.25) is 5.91 Å². The fourth-order valence-corrected chi connectivity index (χ4v) is 4.84. The van der Waals surface area contributed by atoms with Crippen LogP contribution in [0.2, 0.25) is 0 Å². The number of aromatic nitrogens is 1. The Hall–Kier alpha value is -1.46. The summed E-state index contributed by atoms with van der Waals surface area (Å²) in [5.74, 6) is 0.637. The third kappa shape index (κ3) is 2.88. The average molecular weight is 315 g/mol. The molecule has 2 saturated heterocycles. The molecule has 116 valence electrons. The lowest BCUT2D eigenvalue weighted by Crippen LogP contribution is -2.39. The van der Waals surface area contributed by atoms with Crippen LogP contribution in [0, 0.1) is 12.8 Å². The van der Waals surface area contributed by atoms with Crippen molar-refractivity contribution in [2.45, 2.75) is 51.1 Å². The molecule has 4 rings (SSSR count). The van der Waals surface area contributed by atoms with Crippen LogP contribution in [0.1, 0.15) is 37.7 Å². The number of aryl methyl sites for hydroxylation is 1. The van der Waals surface area contributed by atoms with Crippen LogP contribution in [-0.2, 0) is 4.79 Å². The minimum absolute atomic E-state index is 0.113. The van der Waals surface area contributed by atoms with Crippen molar-refractivity contribution in [3.05, 3.63) is 23.8 Å². The van der Waals surface area contributed by atoms with E-state index in [4.69, 9.17) is 0 Å². The Morgan fingerprint density at radius 2 is 2.14 bits per heavy atom. The van der Waals surface area contributed by atoms with Gasteiger partial charge in [-0.2, -0.15) is 0 Å². The maximum Gasteiger partial charge on any atom is 0.226 e. The molecule has 4 nitrogen and oxygen atoms in total. The van der Waals surface area contributed by atoms with E-state index in [0.29, 0.717) is 24.4 Å². The molecule has 5 heteroatoms. The third-order valence-electron chi connectivity index (χ3n) is 4.84. The molecular formula is C17H21N3OS. The maximum atomic E-state index is 12.3. The number of benzene rings is 1. The van der Waals surface area contributed by atoms with E-state index >= 15 is 0 Å². The van der Waals surface area contributed by atoms with Gasteiger partial charge in [0.1, 0.15) is 0 Å². The average Bonchev–Trinajstić information content (AvgIpc) is 3.00.